The van der Waals surface area contributed by atoms with E-state index >= 15 is 0 Å². The van der Waals surface area contributed by atoms with E-state index in [2.05, 4.69) is 24.5 Å². The first-order valence-electron chi connectivity index (χ1n) is 5.62. The number of rotatable bonds is 4. The standard InChI is InChI=1S/C11H22N2O/c1-8(2)13-10(11(14)12-3)9-6-4-5-7-9/h8-10,13H,4-7H2,1-3H3,(H,12,14)/t10-/m1/s1. The fraction of sp³-hybridized carbons (Fsp3) is 0.909. The molecule has 14 heavy (non-hydrogen) atoms. The highest BCUT2D eigenvalue weighted by Crippen LogP contribution is 2.28. The van der Waals surface area contributed by atoms with Crippen LogP contribution in [-0.4, -0.2) is 25.0 Å². The Bertz CT molecular complexity index is 186. The molecule has 0 aliphatic heterocycles. The third-order valence-electron chi connectivity index (χ3n) is 2.91. The van der Waals surface area contributed by atoms with Crippen LogP contribution in [0.1, 0.15) is 39.5 Å². The molecule has 0 aromatic rings. The van der Waals surface area contributed by atoms with Gasteiger partial charge in [0.1, 0.15) is 0 Å². The summed E-state index contributed by atoms with van der Waals surface area (Å²) < 4.78 is 0. The average Bonchev–Trinajstić information content (AvgIpc) is 2.65. The van der Waals surface area contributed by atoms with Gasteiger partial charge in [-0.3, -0.25) is 4.79 Å². The van der Waals surface area contributed by atoms with Gasteiger partial charge in [0.2, 0.25) is 5.91 Å². The van der Waals surface area contributed by atoms with Gasteiger partial charge in [0.25, 0.3) is 0 Å². The predicted molar refractivity (Wildman–Crippen MR) is 58.1 cm³/mol. The number of likely N-dealkylation sites (N-methyl/N-ethyl adjacent to an activating group) is 1. The number of carbonyl (C=O) groups excluding carboxylic acids is 1. The fourth-order valence-electron chi connectivity index (χ4n) is 2.23. The molecule has 1 rings (SSSR count). The lowest BCUT2D eigenvalue weighted by Crippen LogP contribution is -2.49. The molecule has 0 spiro atoms. The zero-order chi connectivity index (χ0) is 10.6. The molecule has 0 saturated heterocycles. The maximum absolute atomic E-state index is 11.7. The van der Waals surface area contributed by atoms with E-state index in [1.165, 1.54) is 25.7 Å². The number of amides is 1. The Kier molecular flexibility index (Phi) is 4.39. The molecule has 0 bridgehead atoms. The monoisotopic (exact) mass is 198 g/mol. The minimum Gasteiger partial charge on any atom is -0.358 e. The van der Waals surface area contributed by atoms with Crippen molar-refractivity contribution in [3.63, 3.8) is 0 Å². The Balaban J connectivity index is 2.55. The van der Waals surface area contributed by atoms with E-state index in [1.807, 2.05) is 0 Å². The van der Waals surface area contributed by atoms with Crippen molar-refractivity contribution in [2.24, 2.45) is 5.92 Å². The van der Waals surface area contributed by atoms with Crippen molar-refractivity contribution in [3.8, 4) is 0 Å². The minimum absolute atomic E-state index is 0.0162. The summed E-state index contributed by atoms with van der Waals surface area (Å²) in [5, 5.41) is 6.11. The second kappa shape index (κ2) is 5.35. The first kappa shape index (κ1) is 11.5. The Morgan fingerprint density at radius 1 is 1.29 bits per heavy atom. The van der Waals surface area contributed by atoms with Crippen molar-refractivity contribution in [3.05, 3.63) is 0 Å². The van der Waals surface area contributed by atoms with E-state index in [1.54, 1.807) is 7.05 Å². The number of hydrogen-bond acceptors (Lipinski definition) is 2. The molecule has 1 aliphatic carbocycles. The maximum Gasteiger partial charge on any atom is 0.237 e. The van der Waals surface area contributed by atoms with Crippen LogP contribution in [0.2, 0.25) is 0 Å². The fourth-order valence-corrected chi connectivity index (χ4v) is 2.23. The third kappa shape index (κ3) is 2.98. The molecule has 0 heterocycles. The first-order chi connectivity index (χ1) is 6.65. The van der Waals surface area contributed by atoms with Gasteiger partial charge < -0.3 is 10.6 Å². The molecule has 1 saturated carbocycles. The van der Waals surface area contributed by atoms with Gasteiger partial charge in [0.15, 0.2) is 0 Å². The molecule has 1 atom stereocenters. The summed E-state index contributed by atoms with van der Waals surface area (Å²) in [6.07, 6.45) is 4.94. The molecule has 3 nitrogen and oxygen atoms in total. The SMILES string of the molecule is CNC(=O)[C@H](NC(C)C)C1CCCC1. The van der Waals surface area contributed by atoms with Gasteiger partial charge in [-0.25, -0.2) is 0 Å². The summed E-state index contributed by atoms with van der Waals surface area (Å²) in [7, 11) is 1.71. The number of nitrogens with one attached hydrogen (secondary N) is 2. The van der Waals surface area contributed by atoms with Crippen LogP contribution in [0.3, 0.4) is 0 Å². The van der Waals surface area contributed by atoms with E-state index in [0.29, 0.717) is 12.0 Å². The van der Waals surface area contributed by atoms with Crippen LogP contribution < -0.4 is 10.6 Å². The highest BCUT2D eigenvalue weighted by Gasteiger charge is 2.29. The van der Waals surface area contributed by atoms with Crippen LogP contribution in [0, 0.1) is 5.92 Å². The van der Waals surface area contributed by atoms with Crippen molar-refractivity contribution in [1.82, 2.24) is 10.6 Å². The molecule has 1 fully saturated rings. The summed E-state index contributed by atoms with van der Waals surface area (Å²) in [6, 6.07) is 0.389. The molecule has 0 aromatic heterocycles. The lowest BCUT2D eigenvalue weighted by Gasteiger charge is -2.25. The highest BCUT2D eigenvalue weighted by atomic mass is 16.2. The third-order valence-corrected chi connectivity index (χ3v) is 2.91. The van der Waals surface area contributed by atoms with Crippen LogP contribution in [0.5, 0.6) is 0 Å². The number of carbonyl (C=O) groups is 1. The van der Waals surface area contributed by atoms with E-state index in [-0.39, 0.29) is 11.9 Å². The largest absolute Gasteiger partial charge is 0.358 e. The van der Waals surface area contributed by atoms with Crippen molar-refractivity contribution >= 4 is 5.91 Å². The lowest BCUT2D eigenvalue weighted by molar-refractivity contribution is -0.124. The predicted octanol–water partition coefficient (Wildman–Crippen LogP) is 1.29. The van der Waals surface area contributed by atoms with Gasteiger partial charge in [-0.1, -0.05) is 26.7 Å². The molecule has 82 valence electrons. The normalized spacial score (nSPS) is 20.0. The van der Waals surface area contributed by atoms with Crippen molar-refractivity contribution in [2.75, 3.05) is 7.05 Å². The minimum atomic E-state index is 0.0162. The van der Waals surface area contributed by atoms with Crippen LogP contribution in [0.15, 0.2) is 0 Å². The van der Waals surface area contributed by atoms with Crippen LogP contribution in [0.4, 0.5) is 0 Å². The van der Waals surface area contributed by atoms with Gasteiger partial charge in [-0.15, -0.1) is 0 Å². The van der Waals surface area contributed by atoms with Crippen LogP contribution >= 0.6 is 0 Å². The first-order valence-corrected chi connectivity index (χ1v) is 5.62. The summed E-state index contributed by atoms with van der Waals surface area (Å²) in [5.74, 6) is 0.683. The molecule has 3 heteroatoms. The van der Waals surface area contributed by atoms with Gasteiger partial charge in [-0.05, 0) is 18.8 Å². The van der Waals surface area contributed by atoms with Crippen LogP contribution in [0.25, 0.3) is 0 Å². The maximum atomic E-state index is 11.7. The smallest absolute Gasteiger partial charge is 0.237 e. The summed E-state index contributed by atoms with van der Waals surface area (Å²) >= 11 is 0. The molecular weight excluding hydrogens is 176 g/mol. The molecule has 0 aromatic carbocycles. The van der Waals surface area contributed by atoms with E-state index < -0.39 is 0 Å². The molecule has 2 N–H and O–H groups in total. The highest BCUT2D eigenvalue weighted by molar-refractivity contribution is 5.81. The molecule has 0 unspecified atom stereocenters. The lowest BCUT2D eigenvalue weighted by atomic mass is 9.96. The molecule has 1 aliphatic rings. The van der Waals surface area contributed by atoms with E-state index in [9.17, 15) is 4.79 Å². The average molecular weight is 198 g/mol. The van der Waals surface area contributed by atoms with E-state index in [0.717, 1.165) is 0 Å². The van der Waals surface area contributed by atoms with Crippen molar-refractivity contribution in [1.29, 1.82) is 0 Å². The zero-order valence-corrected chi connectivity index (χ0v) is 9.47. The summed E-state index contributed by atoms with van der Waals surface area (Å²) in [4.78, 5) is 11.7. The van der Waals surface area contributed by atoms with Gasteiger partial charge in [0, 0.05) is 13.1 Å². The Morgan fingerprint density at radius 2 is 1.86 bits per heavy atom. The van der Waals surface area contributed by atoms with E-state index in [4.69, 9.17) is 0 Å². The van der Waals surface area contributed by atoms with Gasteiger partial charge >= 0.3 is 0 Å². The molecular formula is C11H22N2O. The molecule has 1 amide bonds. The quantitative estimate of drug-likeness (QED) is 0.714. The van der Waals surface area contributed by atoms with Crippen LogP contribution in [-0.2, 0) is 4.79 Å². The molecule has 0 radical (unpaired) electrons. The number of hydrogen-bond donors (Lipinski definition) is 2. The topological polar surface area (TPSA) is 41.1 Å². The Hall–Kier alpha value is -0.570. The van der Waals surface area contributed by atoms with Crippen molar-refractivity contribution in [2.45, 2.75) is 51.6 Å². The van der Waals surface area contributed by atoms with Gasteiger partial charge in [-0.2, -0.15) is 0 Å². The summed E-state index contributed by atoms with van der Waals surface area (Å²) in [6.45, 7) is 4.18. The second-order valence-corrected chi connectivity index (χ2v) is 4.46. The van der Waals surface area contributed by atoms with Gasteiger partial charge in [0.05, 0.1) is 6.04 Å². The summed E-state index contributed by atoms with van der Waals surface area (Å²) in [5.41, 5.74) is 0. The second-order valence-electron chi connectivity index (χ2n) is 4.46. The Morgan fingerprint density at radius 3 is 2.29 bits per heavy atom. The Labute approximate surface area is 86.6 Å². The zero-order valence-electron chi connectivity index (χ0n) is 9.47. The van der Waals surface area contributed by atoms with Crippen molar-refractivity contribution < 1.29 is 4.79 Å².